The maximum absolute atomic E-state index is 13.8. The Morgan fingerprint density at radius 2 is 2.00 bits per heavy atom. The van der Waals surface area contributed by atoms with Crippen molar-refractivity contribution in [3.63, 3.8) is 0 Å². The van der Waals surface area contributed by atoms with Crippen molar-refractivity contribution in [2.45, 2.75) is 31.0 Å². The molecule has 0 aliphatic carbocycles. The van der Waals surface area contributed by atoms with Crippen LogP contribution in [0.3, 0.4) is 0 Å². The molecule has 11 heteroatoms. The third-order valence-corrected chi connectivity index (χ3v) is 8.17. The van der Waals surface area contributed by atoms with E-state index in [2.05, 4.69) is 5.32 Å². The van der Waals surface area contributed by atoms with Gasteiger partial charge in [-0.25, -0.2) is 4.98 Å². The zero-order chi connectivity index (χ0) is 25.8. The highest BCUT2D eigenvalue weighted by Gasteiger charge is 2.22. The zero-order valence-corrected chi connectivity index (χ0v) is 22.7. The van der Waals surface area contributed by atoms with Crippen molar-refractivity contribution >= 4 is 51.6 Å². The summed E-state index contributed by atoms with van der Waals surface area (Å²) in [6, 6.07) is 16.8. The molecule has 1 aliphatic heterocycles. The van der Waals surface area contributed by atoms with E-state index in [-0.39, 0.29) is 23.3 Å². The molecule has 1 saturated heterocycles. The fraction of sp³-hybridized carbons (Fsp3) is 0.308. The lowest BCUT2D eigenvalue weighted by Crippen LogP contribution is -2.33. The first-order valence-electron chi connectivity index (χ1n) is 12.0. The van der Waals surface area contributed by atoms with Crippen LogP contribution in [-0.2, 0) is 9.53 Å². The molecule has 0 bridgehead atoms. The minimum atomic E-state index is -0.234. The van der Waals surface area contributed by atoms with Crippen LogP contribution in [0.4, 0.5) is 0 Å². The molecule has 1 atom stereocenters. The van der Waals surface area contributed by atoms with Gasteiger partial charge in [0.25, 0.3) is 5.56 Å². The van der Waals surface area contributed by atoms with Crippen LogP contribution in [0.5, 0.6) is 5.75 Å². The largest absolute Gasteiger partial charge is 0.492 e. The van der Waals surface area contributed by atoms with Crippen molar-refractivity contribution in [1.82, 2.24) is 19.4 Å². The van der Waals surface area contributed by atoms with Crippen LogP contribution in [0.2, 0.25) is 0 Å². The fourth-order valence-electron chi connectivity index (χ4n) is 4.18. The number of rotatable bonds is 9. The average molecular weight is 555 g/mol. The summed E-state index contributed by atoms with van der Waals surface area (Å²) in [5.74, 6) is 0.619. The van der Waals surface area contributed by atoms with Crippen LogP contribution in [0.1, 0.15) is 19.8 Å². The van der Waals surface area contributed by atoms with Gasteiger partial charge in [0.2, 0.25) is 5.91 Å². The number of thioether (sulfide) groups is 1. The van der Waals surface area contributed by atoms with Crippen LogP contribution in [0, 0.1) is 3.95 Å². The number of hydrogen-bond donors (Lipinski definition) is 1. The molecule has 0 radical (unpaired) electrons. The summed E-state index contributed by atoms with van der Waals surface area (Å²) in [6.45, 7) is 3.62. The monoisotopic (exact) mass is 554 g/mol. The normalized spacial score (nSPS) is 15.2. The minimum Gasteiger partial charge on any atom is -0.492 e. The van der Waals surface area contributed by atoms with Crippen molar-refractivity contribution in [2.75, 3.05) is 25.5 Å². The first kappa shape index (κ1) is 25.7. The molecular weight excluding hydrogens is 529 g/mol. The van der Waals surface area contributed by atoms with Crippen LogP contribution in [-0.4, -0.2) is 51.6 Å². The molecule has 4 aromatic rings. The lowest BCUT2D eigenvalue weighted by molar-refractivity contribution is -0.119. The summed E-state index contributed by atoms with van der Waals surface area (Å²) >= 11 is 8.12. The Kier molecular flexibility index (Phi) is 8.04. The summed E-state index contributed by atoms with van der Waals surface area (Å²) in [6.07, 6.45) is 2.02. The van der Waals surface area contributed by atoms with Gasteiger partial charge in [0.15, 0.2) is 14.8 Å². The summed E-state index contributed by atoms with van der Waals surface area (Å²) < 4.78 is 15.7. The van der Waals surface area contributed by atoms with Crippen molar-refractivity contribution < 1.29 is 14.3 Å². The van der Waals surface area contributed by atoms with Crippen LogP contribution in [0.25, 0.3) is 21.7 Å². The maximum atomic E-state index is 13.8. The minimum absolute atomic E-state index is 0.0616. The molecule has 1 N–H and O–H groups in total. The second-order valence-corrected chi connectivity index (χ2v) is 10.9. The number of hydrogen-bond acceptors (Lipinski definition) is 8. The molecule has 1 aliphatic rings. The zero-order valence-electron chi connectivity index (χ0n) is 20.2. The Labute approximate surface area is 227 Å². The predicted octanol–water partition coefficient (Wildman–Crippen LogP) is 4.75. The van der Waals surface area contributed by atoms with Crippen molar-refractivity contribution in [3.8, 4) is 17.1 Å². The molecule has 0 spiro atoms. The number of carbonyl (C=O) groups excluding carboxylic acids is 1. The second kappa shape index (κ2) is 11.6. The summed E-state index contributed by atoms with van der Waals surface area (Å²) in [5, 5.41) is 3.34. The van der Waals surface area contributed by atoms with Gasteiger partial charge in [-0.15, -0.1) is 0 Å². The number of aromatic nitrogens is 3. The molecule has 0 unspecified atom stereocenters. The summed E-state index contributed by atoms with van der Waals surface area (Å²) in [5.41, 5.74) is 1.60. The quantitative estimate of drug-likeness (QED) is 0.181. The average Bonchev–Trinajstić information content (AvgIpc) is 3.55. The second-order valence-electron chi connectivity index (χ2n) is 8.36. The Morgan fingerprint density at radius 3 is 2.76 bits per heavy atom. The first-order chi connectivity index (χ1) is 18.1. The lowest BCUT2D eigenvalue weighted by atomic mass is 10.2. The number of amides is 1. The molecule has 37 heavy (non-hydrogen) atoms. The molecule has 2 aromatic heterocycles. The van der Waals surface area contributed by atoms with Gasteiger partial charge in [0.1, 0.15) is 10.4 Å². The molecule has 192 valence electrons. The lowest BCUT2D eigenvalue weighted by Gasteiger charge is -2.14. The molecular formula is C26H26N4O4S3. The van der Waals surface area contributed by atoms with Gasteiger partial charge in [0.05, 0.1) is 29.8 Å². The van der Waals surface area contributed by atoms with E-state index in [9.17, 15) is 9.59 Å². The number of nitrogens with one attached hydrogen (secondary N) is 1. The van der Waals surface area contributed by atoms with Crippen molar-refractivity contribution in [1.29, 1.82) is 0 Å². The number of thiazole rings is 1. The highest BCUT2D eigenvalue weighted by Crippen LogP contribution is 2.31. The van der Waals surface area contributed by atoms with E-state index < -0.39 is 0 Å². The Balaban J connectivity index is 1.56. The molecule has 0 saturated carbocycles. The maximum Gasteiger partial charge on any atom is 0.278 e. The molecule has 2 aromatic carbocycles. The van der Waals surface area contributed by atoms with Crippen LogP contribution >= 0.6 is 35.3 Å². The number of carbonyl (C=O) groups is 1. The number of nitrogens with zero attached hydrogens (tertiary/aromatic N) is 3. The van der Waals surface area contributed by atoms with E-state index >= 15 is 0 Å². The van der Waals surface area contributed by atoms with E-state index in [0.29, 0.717) is 44.0 Å². The Hall–Kier alpha value is -2.99. The third kappa shape index (κ3) is 5.49. The number of ether oxygens (including phenoxy) is 2. The molecule has 8 nitrogen and oxygen atoms in total. The fourth-order valence-corrected chi connectivity index (χ4v) is 6.31. The van der Waals surface area contributed by atoms with Gasteiger partial charge in [-0.1, -0.05) is 53.4 Å². The molecule has 5 rings (SSSR count). The Bertz CT molecular complexity index is 1520. The number of benzene rings is 2. The highest BCUT2D eigenvalue weighted by molar-refractivity contribution is 7.99. The van der Waals surface area contributed by atoms with Crippen LogP contribution < -0.4 is 15.6 Å². The number of para-hydroxylation sites is 3. The van der Waals surface area contributed by atoms with E-state index in [1.807, 2.05) is 61.5 Å². The van der Waals surface area contributed by atoms with Gasteiger partial charge >= 0.3 is 0 Å². The smallest absolute Gasteiger partial charge is 0.278 e. The van der Waals surface area contributed by atoms with E-state index in [0.717, 1.165) is 25.1 Å². The Morgan fingerprint density at radius 1 is 1.22 bits per heavy atom. The van der Waals surface area contributed by atoms with Crippen molar-refractivity contribution in [2.24, 2.45) is 0 Å². The SMILES string of the molecule is CCOc1ccccc1-n1c(=S)sc2c(=O)n(-c3ccccc3)c(SCC(=O)NC[C@H]3CCCO3)nc21. The van der Waals surface area contributed by atoms with E-state index in [1.165, 1.54) is 23.1 Å². The van der Waals surface area contributed by atoms with Gasteiger partial charge in [-0.05, 0) is 56.2 Å². The van der Waals surface area contributed by atoms with Crippen molar-refractivity contribution in [3.05, 3.63) is 68.9 Å². The molecule has 1 fully saturated rings. The van der Waals surface area contributed by atoms with Gasteiger partial charge in [-0.2, -0.15) is 0 Å². The van der Waals surface area contributed by atoms with Gasteiger partial charge in [0, 0.05) is 13.2 Å². The predicted molar refractivity (Wildman–Crippen MR) is 149 cm³/mol. The van der Waals surface area contributed by atoms with Gasteiger partial charge in [-0.3, -0.25) is 18.7 Å². The van der Waals surface area contributed by atoms with Gasteiger partial charge < -0.3 is 14.8 Å². The highest BCUT2D eigenvalue weighted by atomic mass is 32.2. The first-order valence-corrected chi connectivity index (χ1v) is 14.2. The molecule has 1 amide bonds. The summed E-state index contributed by atoms with van der Waals surface area (Å²) in [7, 11) is 0. The van der Waals surface area contributed by atoms with Crippen LogP contribution in [0.15, 0.2) is 64.5 Å². The third-order valence-electron chi connectivity index (χ3n) is 5.88. The van der Waals surface area contributed by atoms with E-state index in [4.69, 9.17) is 26.7 Å². The number of fused-ring (bicyclic) bond motifs is 1. The molecule has 3 heterocycles. The van der Waals surface area contributed by atoms with E-state index in [1.54, 1.807) is 9.13 Å². The summed E-state index contributed by atoms with van der Waals surface area (Å²) in [4.78, 5) is 31.3. The standard InChI is InChI=1S/C26H26N4O4S3/c1-2-33-20-13-7-6-12-19(20)30-23-22(37-26(30)35)24(32)29(17-9-4-3-5-10-17)25(28-23)36-16-21(31)27-15-18-11-8-14-34-18/h3-7,9-10,12-13,18H,2,8,11,14-16H2,1H3,(H,27,31)/t18-/m1/s1. The topological polar surface area (TPSA) is 87.4 Å².